The fourth-order valence-corrected chi connectivity index (χ4v) is 1.98. The van der Waals surface area contributed by atoms with Crippen molar-refractivity contribution < 1.29 is 19.1 Å². The second-order valence-electron chi connectivity index (χ2n) is 4.15. The molecular formula is C15H13BrN2O4. The topological polar surface area (TPSA) is 77.5 Å². The van der Waals surface area contributed by atoms with E-state index in [1.54, 1.807) is 42.6 Å². The van der Waals surface area contributed by atoms with E-state index >= 15 is 0 Å². The maximum atomic E-state index is 12.3. The number of ether oxygens (including phenoxy) is 2. The van der Waals surface area contributed by atoms with Crippen molar-refractivity contribution in [2.45, 2.75) is 0 Å². The number of esters is 1. The van der Waals surface area contributed by atoms with Crippen LogP contribution in [0.3, 0.4) is 0 Å². The van der Waals surface area contributed by atoms with E-state index in [-0.39, 0.29) is 18.3 Å². The fourth-order valence-electron chi connectivity index (χ4n) is 1.63. The summed E-state index contributed by atoms with van der Waals surface area (Å²) in [5.41, 5.74) is 0.295. The average molecular weight is 365 g/mol. The van der Waals surface area contributed by atoms with E-state index < -0.39 is 5.97 Å². The predicted molar refractivity (Wildman–Crippen MR) is 83.8 cm³/mol. The lowest BCUT2D eigenvalue weighted by Crippen LogP contribution is -2.17. The number of hydrogen-bond donors (Lipinski definition) is 1. The van der Waals surface area contributed by atoms with E-state index in [4.69, 9.17) is 4.74 Å². The lowest BCUT2D eigenvalue weighted by atomic mass is 10.2. The number of benzene rings is 1. The molecule has 0 aliphatic carbocycles. The molecule has 1 aromatic carbocycles. The van der Waals surface area contributed by atoms with Crippen LogP contribution in [0.5, 0.6) is 5.75 Å². The summed E-state index contributed by atoms with van der Waals surface area (Å²) in [7, 11) is 1.27. The standard InChI is InChI=1S/C15H13BrN2O4/c1-21-13(19)9-22-12-7-3-2-5-10(12)15(20)18-14-11(16)6-4-8-17-14/h2-8H,9H2,1H3,(H,17,18,20). The maximum absolute atomic E-state index is 12.3. The quantitative estimate of drug-likeness (QED) is 0.825. The second-order valence-corrected chi connectivity index (χ2v) is 5.00. The second kappa shape index (κ2) is 7.56. The third-order valence-corrected chi connectivity index (χ3v) is 3.34. The molecule has 0 bridgehead atoms. The molecule has 0 saturated heterocycles. The van der Waals surface area contributed by atoms with Gasteiger partial charge < -0.3 is 14.8 Å². The first-order chi connectivity index (χ1) is 10.6. The van der Waals surface area contributed by atoms with Gasteiger partial charge in [0.15, 0.2) is 6.61 Å². The van der Waals surface area contributed by atoms with Gasteiger partial charge in [-0.1, -0.05) is 12.1 Å². The zero-order chi connectivity index (χ0) is 15.9. The third-order valence-electron chi connectivity index (χ3n) is 2.70. The Labute approximate surface area is 135 Å². The number of methoxy groups -OCH3 is 1. The smallest absolute Gasteiger partial charge is 0.343 e. The fraction of sp³-hybridized carbons (Fsp3) is 0.133. The Hall–Kier alpha value is -2.41. The number of carbonyl (C=O) groups excluding carboxylic acids is 2. The zero-order valence-corrected chi connectivity index (χ0v) is 13.3. The first kappa shape index (κ1) is 16.0. The molecule has 6 nitrogen and oxygen atoms in total. The Morgan fingerprint density at radius 3 is 2.73 bits per heavy atom. The van der Waals surface area contributed by atoms with Crippen molar-refractivity contribution in [3.63, 3.8) is 0 Å². The summed E-state index contributed by atoms with van der Waals surface area (Å²) in [5.74, 6) is -0.227. The minimum atomic E-state index is -0.525. The Morgan fingerprint density at radius 2 is 2.00 bits per heavy atom. The number of para-hydroxylation sites is 1. The van der Waals surface area contributed by atoms with Gasteiger partial charge >= 0.3 is 5.97 Å². The molecule has 0 saturated carbocycles. The van der Waals surface area contributed by atoms with Crippen LogP contribution in [-0.2, 0) is 9.53 Å². The molecule has 2 aromatic rings. The largest absolute Gasteiger partial charge is 0.481 e. The van der Waals surface area contributed by atoms with Crippen LogP contribution in [-0.4, -0.2) is 30.6 Å². The number of nitrogens with one attached hydrogen (secondary N) is 1. The molecule has 0 aliphatic rings. The summed E-state index contributed by atoms with van der Waals surface area (Å²) < 4.78 is 10.5. The van der Waals surface area contributed by atoms with Gasteiger partial charge in [-0.25, -0.2) is 9.78 Å². The van der Waals surface area contributed by atoms with Gasteiger partial charge in [-0.2, -0.15) is 0 Å². The van der Waals surface area contributed by atoms with Gasteiger partial charge in [0.25, 0.3) is 5.91 Å². The number of carbonyl (C=O) groups is 2. The molecule has 1 aromatic heterocycles. The number of aromatic nitrogens is 1. The predicted octanol–water partition coefficient (Wildman–Crippen LogP) is 2.65. The first-order valence-corrected chi connectivity index (χ1v) is 7.11. The summed E-state index contributed by atoms with van der Waals surface area (Å²) in [6, 6.07) is 10.1. The number of rotatable bonds is 5. The van der Waals surface area contributed by atoms with E-state index in [1.165, 1.54) is 7.11 Å². The van der Waals surface area contributed by atoms with Crippen LogP contribution in [0.2, 0.25) is 0 Å². The summed E-state index contributed by atoms with van der Waals surface area (Å²) in [5, 5.41) is 2.68. The molecule has 0 aliphatic heterocycles. The molecule has 0 spiro atoms. The number of amides is 1. The van der Waals surface area contributed by atoms with Crippen molar-refractivity contribution in [3.05, 3.63) is 52.6 Å². The first-order valence-electron chi connectivity index (χ1n) is 6.32. The summed E-state index contributed by atoms with van der Waals surface area (Å²) in [6.45, 7) is -0.270. The van der Waals surface area contributed by atoms with Gasteiger partial charge in [-0.3, -0.25) is 4.79 Å². The van der Waals surface area contributed by atoms with Gasteiger partial charge in [-0.05, 0) is 40.2 Å². The van der Waals surface area contributed by atoms with E-state index in [0.29, 0.717) is 15.9 Å². The third kappa shape index (κ3) is 4.05. The van der Waals surface area contributed by atoms with Gasteiger partial charge in [0, 0.05) is 6.20 Å². The van der Waals surface area contributed by atoms with Gasteiger partial charge in [0.2, 0.25) is 0 Å². The molecular weight excluding hydrogens is 352 g/mol. The number of anilines is 1. The maximum Gasteiger partial charge on any atom is 0.343 e. The molecule has 7 heteroatoms. The molecule has 114 valence electrons. The van der Waals surface area contributed by atoms with Crippen LogP contribution < -0.4 is 10.1 Å². The lowest BCUT2D eigenvalue weighted by Gasteiger charge is -2.11. The molecule has 1 heterocycles. The van der Waals surface area contributed by atoms with Crippen molar-refractivity contribution in [1.29, 1.82) is 0 Å². The van der Waals surface area contributed by atoms with Crippen molar-refractivity contribution in [2.75, 3.05) is 19.0 Å². The number of pyridine rings is 1. The number of hydrogen-bond acceptors (Lipinski definition) is 5. The highest BCUT2D eigenvalue weighted by Gasteiger charge is 2.15. The Morgan fingerprint density at radius 1 is 1.23 bits per heavy atom. The zero-order valence-electron chi connectivity index (χ0n) is 11.7. The van der Waals surface area contributed by atoms with E-state index in [0.717, 1.165) is 0 Å². The molecule has 0 fully saturated rings. The number of nitrogens with zero attached hydrogens (tertiary/aromatic N) is 1. The lowest BCUT2D eigenvalue weighted by molar-refractivity contribution is -0.142. The van der Waals surface area contributed by atoms with E-state index in [1.807, 2.05) is 0 Å². The summed E-state index contributed by atoms with van der Waals surface area (Å²) >= 11 is 3.31. The van der Waals surface area contributed by atoms with Gasteiger partial charge in [-0.15, -0.1) is 0 Å². The van der Waals surface area contributed by atoms with Crippen LogP contribution in [0, 0.1) is 0 Å². The van der Waals surface area contributed by atoms with Crippen molar-refractivity contribution >= 4 is 33.6 Å². The van der Waals surface area contributed by atoms with Gasteiger partial charge in [0.1, 0.15) is 11.6 Å². The highest BCUT2D eigenvalue weighted by molar-refractivity contribution is 9.10. The molecule has 0 unspecified atom stereocenters. The molecule has 1 N–H and O–H groups in total. The van der Waals surface area contributed by atoms with Crippen molar-refractivity contribution in [3.8, 4) is 5.75 Å². The van der Waals surface area contributed by atoms with E-state index in [9.17, 15) is 9.59 Å². The van der Waals surface area contributed by atoms with Crippen LogP contribution in [0.15, 0.2) is 47.1 Å². The average Bonchev–Trinajstić information content (AvgIpc) is 2.55. The normalized spacial score (nSPS) is 9.91. The molecule has 22 heavy (non-hydrogen) atoms. The van der Waals surface area contributed by atoms with Crippen LogP contribution in [0.4, 0.5) is 5.82 Å². The Bertz CT molecular complexity index is 691. The number of halogens is 1. The molecule has 2 rings (SSSR count). The van der Waals surface area contributed by atoms with E-state index in [2.05, 4.69) is 31.0 Å². The summed E-state index contributed by atoms with van der Waals surface area (Å²) in [6.07, 6.45) is 1.57. The monoisotopic (exact) mass is 364 g/mol. The Kier molecular flexibility index (Phi) is 5.48. The van der Waals surface area contributed by atoms with Gasteiger partial charge in [0.05, 0.1) is 17.1 Å². The van der Waals surface area contributed by atoms with Crippen molar-refractivity contribution in [1.82, 2.24) is 4.98 Å². The highest BCUT2D eigenvalue weighted by Crippen LogP contribution is 2.22. The van der Waals surface area contributed by atoms with Crippen LogP contribution >= 0.6 is 15.9 Å². The SMILES string of the molecule is COC(=O)COc1ccccc1C(=O)Nc1ncccc1Br. The summed E-state index contributed by atoms with van der Waals surface area (Å²) in [4.78, 5) is 27.5. The van der Waals surface area contributed by atoms with Crippen LogP contribution in [0.25, 0.3) is 0 Å². The Balaban J connectivity index is 2.16. The molecule has 1 amide bonds. The van der Waals surface area contributed by atoms with Crippen molar-refractivity contribution in [2.24, 2.45) is 0 Å². The highest BCUT2D eigenvalue weighted by atomic mass is 79.9. The van der Waals surface area contributed by atoms with Crippen LogP contribution in [0.1, 0.15) is 10.4 Å². The minimum Gasteiger partial charge on any atom is -0.481 e. The molecule has 0 atom stereocenters. The molecule has 0 radical (unpaired) electrons. The minimum absolute atomic E-state index is 0.270.